The summed E-state index contributed by atoms with van der Waals surface area (Å²) < 4.78 is 0. The van der Waals surface area contributed by atoms with Crippen LogP contribution in [0.15, 0.2) is 18.3 Å². The van der Waals surface area contributed by atoms with Gasteiger partial charge in [0.25, 0.3) is 5.91 Å². The summed E-state index contributed by atoms with van der Waals surface area (Å²) in [4.78, 5) is 27.1. The van der Waals surface area contributed by atoms with Crippen molar-refractivity contribution in [1.29, 1.82) is 0 Å². The lowest BCUT2D eigenvalue weighted by atomic mass is 10.2. The molecule has 102 valence electrons. The average molecular weight is 263 g/mol. The number of hydrazine groups is 1. The van der Waals surface area contributed by atoms with Crippen molar-refractivity contribution in [3.8, 4) is 0 Å². The molecule has 0 aromatic carbocycles. The predicted molar refractivity (Wildman–Crippen MR) is 70.2 cm³/mol. The highest BCUT2D eigenvalue weighted by Crippen LogP contribution is 2.18. The van der Waals surface area contributed by atoms with Gasteiger partial charge < -0.3 is 16.1 Å². The van der Waals surface area contributed by atoms with E-state index < -0.39 is 0 Å². The monoisotopic (exact) mass is 263 g/mol. The van der Waals surface area contributed by atoms with E-state index in [0.717, 1.165) is 12.8 Å². The zero-order valence-electron chi connectivity index (χ0n) is 10.5. The van der Waals surface area contributed by atoms with E-state index in [2.05, 4.69) is 21.0 Å². The molecule has 1 heterocycles. The zero-order valence-corrected chi connectivity index (χ0v) is 10.5. The van der Waals surface area contributed by atoms with Crippen molar-refractivity contribution in [2.45, 2.75) is 25.3 Å². The molecule has 7 nitrogen and oxygen atoms in total. The number of nitrogens with one attached hydrogen (secondary N) is 3. The molecule has 1 aromatic rings. The molecule has 1 fully saturated rings. The van der Waals surface area contributed by atoms with E-state index in [1.54, 1.807) is 12.1 Å². The normalized spacial score (nSPS) is 13.7. The first-order valence-electron chi connectivity index (χ1n) is 6.19. The number of hydrogen-bond acceptors (Lipinski definition) is 5. The summed E-state index contributed by atoms with van der Waals surface area (Å²) in [6.45, 7) is 0.314. The number of nitrogen functional groups attached to an aromatic ring is 1. The van der Waals surface area contributed by atoms with Crippen molar-refractivity contribution in [2.24, 2.45) is 5.84 Å². The standard InChI is InChI=1S/C12H17N5O2/c13-17-10-4-1-8(7-15-10)12(19)14-6-5-11(18)16-9-2-3-9/h1,4,7,9H,2-3,5-6,13H2,(H,14,19)(H,15,17)(H,16,18). The summed E-state index contributed by atoms with van der Waals surface area (Å²) in [7, 11) is 0. The van der Waals surface area contributed by atoms with Gasteiger partial charge >= 0.3 is 0 Å². The lowest BCUT2D eigenvalue weighted by Crippen LogP contribution is -2.31. The van der Waals surface area contributed by atoms with E-state index in [-0.39, 0.29) is 18.2 Å². The molecule has 0 bridgehead atoms. The Morgan fingerprint density at radius 2 is 2.16 bits per heavy atom. The van der Waals surface area contributed by atoms with E-state index in [1.165, 1.54) is 6.20 Å². The SMILES string of the molecule is NNc1ccc(C(=O)NCCC(=O)NC2CC2)cn1. The van der Waals surface area contributed by atoms with Gasteiger partial charge in [-0.1, -0.05) is 0 Å². The Kier molecular flexibility index (Phi) is 4.30. The van der Waals surface area contributed by atoms with Crippen molar-refractivity contribution in [3.63, 3.8) is 0 Å². The van der Waals surface area contributed by atoms with Gasteiger partial charge in [-0.3, -0.25) is 9.59 Å². The minimum Gasteiger partial charge on any atom is -0.353 e. The van der Waals surface area contributed by atoms with Gasteiger partial charge in [0, 0.05) is 25.2 Å². The highest BCUT2D eigenvalue weighted by molar-refractivity contribution is 5.94. The molecule has 1 aliphatic carbocycles. The van der Waals surface area contributed by atoms with Crippen molar-refractivity contribution in [1.82, 2.24) is 15.6 Å². The Morgan fingerprint density at radius 1 is 1.37 bits per heavy atom. The molecule has 19 heavy (non-hydrogen) atoms. The largest absolute Gasteiger partial charge is 0.353 e. The van der Waals surface area contributed by atoms with Crippen molar-refractivity contribution in [3.05, 3.63) is 23.9 Å². The fraction of sp³-hybridized carbons (Fsp3) is 0.417. The maximum atomic E-state index is 11.7. The molecule has 1 saturated carbocycles. The number of aromatic nitrogens is 1. The highest BCUT2D eigenvalue weighted by atomic mass is 16.2. The molecule has 0 atom stereocenters. The van der Waals surface area contributed by atoms with Gasteiger partial charge in [-0.05, 0) is 25.0 Å². The number of amides is 2. The zero-order chi connectivity index (χ0) is 13.7. The number of anilines is 1. The Hall–Kier alpha value is -2.15. The van der Waals surface area contributed by atoms with Gasteiger partial charge in [-0.2, -0.15) is 0 Å². The van der Waals surface area contributed by atoms with Crippen LogP contribution in [0, 0.1) is 0 Å². The summed E-state index contributed by atoms with van der Waals surface area (Å²) in [6.07, 6.45) is 3.84. The van der Waals surface area contributed by atoms with Crippen LogP contribution in [0.25, 0.3) is 0 Å². The van der Waals surface area contributed by atoms with E-state index in [4.69, 9.17) is 5.84 Å². The maximum absolute atomic E-state index is 11.7. The van der Waals surface area contributed by atoms with Crippen LogP contribution >= 0.6 is 0 Å². The van der Waals surface area contributed by atoms with E-state index in [9.17, 15) is 9.59 Å². The van der Waals surface area contributed by atoms with Crippen LogP contribution in [0.5, 0.6) is 0 Å². The first-order valence-corrected chi connectivity index (χ1v) is 6.19. The quantitative estimate of drug-likeness (QED) is 0.418. The lowest BCUT2D eigenvalue weighted by molar-refractivity contribution is -0.121. The molecule has 0 unspecified atom stereocenters. The van der Waals surface area contributed by atoms with Crippen molar-refractivity contribution in [2.75, 3.05) is 12.0 Å². The Bertz CT molecular complexity index is 456. The molecule has 2 amide bonds. The van der Waals surface area contributed by atoms with E-state index in [0.29, 0.717) is 24.0 Å². The molecule has 1 aliphatic rings. The fourth-order valence-electron chi connectivity index (χ4n) is 1.53. The third kappa shape index (κ3) is 4.22. The molecule has 0 saturated heterocycles. The van der Waals surface area contributed by atoms with Gasteiger partial charge in [0.05, 0.1) is 5.56 Å². The lowest BCUT2D eigenvalue weighted by Gasteiger charge is -2.06. The summed E-state index contributed by atoms with van der Waals surface area (Å²) >= 11 is 0. The van der Waals surface area contributed by atoms with Crippen LogP contribution in [0.3, 0.4) is 0 Å². The second-order valence-electron chi connectivity index (χ2n) is 4.42. The first-order chi connectivity index (χ1) is 9.19. The number of hydrogen-bond donors (Lipinski definition) is 4. The predicted octanol–water partition coefficient (Wildman–Crippen LogP) is -0.234. The molecule has 0 radical (unpaired) electrons. The number of rotatable bonds is 6. The number of nitrogens with two attached hydrogens (primary N) is 1. The molecule has 2 rings (SSSR count). The molecular formula is C12H17N5O2. The van der Waals surface area contributed by atoms with Gasteiger partial charge in [-0.15, -0.1) is 0 Å². The van der Waals surface area contributed by atoms with Crippen molar-refractivity contribution >= 4 is 17.6 Å². The second-order valence-corrected chi connectivity index (χ2v) is 4.42. The summed E-state index contributed by atoms with van der Waals surface area (Å²) in [6, 6.07) is 3.57. The molecule has 0 aliphatic heterocycles. The fourth-order valence-corrected chi connectivity index (χ4v) is 1.53. The van der Waals surface area contributed by atoms with E-state index >= 15 is 0 Å². The highest BCUT2D eigenvalue weighted by Gasteiger charge is 2.22. The third-order valence-electron chi connectivity index (χ3n) is 2.75. The van der Waals surface area contributed by atoms with Gasteiger partial charge in [-0.25, -0.2) is 10.8 Å². The number of carbonyl (C=O) groups excluding carboxylic acids is 2. The smallest absolute Gasteiger partial charge is 0.252 e. The Labute approximate surface area is 110 Å². The van der Waals surface area contributed by atoms with Crippen LogP contribution in [0.4, 0.5) is 5.82 Å². The van der Waals surface area contributed by atoms with Gasteiger partial charge in [0.2, 0.25) is 5.91 Å². The van der Waals surface area contributed by atoms with Crippen LogP contribution in [0.1, 0.15) is 29.6 Å². The third-order valence-corrected chi connectivity index (χ3v) is 2.75. The molecule has 7 heteroatoms. The Balaban J connectivity index is 1.71. The summed E-state index contributed by atoms with van der Waals surface area (Å²) in [5, 5.41) is 5.53. The van der Waals surface area contributed by atoms with Gasteiger partial charge in [0.15, 0.2) is 0 Å². The van der Waals surface area contributed by atoms with E-state index in [1.807, 2.05) is 0 Å². The minimum atomic E-state index is -0.254. The summed E-state index contributed by atoms with van der Waals surface area (Å²) in [5.74, 6) is 5.38. The molecular weight excluding hydrogens is 246 g/mol. The van der Waals surface area contributed by atoms with Gasteiger partial charge in [0.1, 0.15) is 5.82 Å². The Morgan fingerprint density at radius 3 is 2.74 bits per heavy atom. The first kappa shape index (κ1) is 13.3. The average Bonchev–Trinajstić information content (AvgIpc) is 3.22. The van der Waals surface area contributed by atoms with Crippen molar-refractivity contribution < 1.29 is 9.59 Å². The molecule has 5 N–H and O–H groups in total. The maximum Gasteiger partial charge on any atom is 0.252 e. The number of carbonyl (C=O) groups is 2. The number of pyridine rings is 1. The number of nitrogens with zero attached hydrogens (tertiary/aromatic N) is 1. The topological polar surface area (TPSA) is 109 Å². The van der Waals surface area contributed by atoms with Crippen LogP contribution in [-0.2, 0) is 4.79 Å². The molecule has 1 aromatic heterocycles. The van der Waals surface area contributed by atoms with Crippen LogP contribution < -0.4 is 21.9 Å². The summed E-state index contributed by atoms with van der Waals surface area (Å²) in [5.41, 5.74) is 2.81. The molecule has 0 spiro atoms. The minimum absolute atomic E-state index is 0.0244. The second kappa shape index (κ2) is 6.14. The van der Waals surface area contributed by atoms with Crippen LogP contribution in [-0.4, -0.2) is 29.4 Å². The van der Waals surface area contributed by atoms with Crippen LogP contribution in [0.2, 0.25) is 0 Å².